The SMILES string of the molecule is Cc1nc(Nc2c(Cl)cc(F)cc2Cl)ccc1Br. The Morgan fingerprint density at radius 1 is 1.22 bits per heavy atom. The van der Waals surface area contributed by atoms with E-state index in [0.29, 0.717) is 11.5 Å². The number of aromatic nitrogens is 1. The van der Waals surface area contributed by atoms with E-state index in [4.69, 9.17) is 23.2 Å². The Balaban J connectivity index is 2.37. The van der Waals surface area contributed by atoms with Gasteiger partial charge in [-0.3, -0.25) is 0 Å². The molecule has 0 saturated carbocycles. The lowest BCUT2D eigenvalue weighted by atomic mass is 10.3. The number of halogens is 4. The lowest BCUT2D eigenvalue weighted by molar-refractivity contribution is 0.628. The minimum atomic E-state index is -0.476. The van der Waals surface area contributed by atoms with Crippen LogP contribution in [-0.2, 0) is 0 Å². The molecule has 2 nitrogen and oxygen atoms in total. The number of nitrogens with zero attached hydrogens (tertiary/aromatic N) is 1. The zero-order valence-electron chi connectivity index (χ0n) is 9.27. The van der Waals surface area contributed by atoms with Crippen LogP contribution in [0, 0.1) is 12.7 Å². The lowest BCUT2D eigenvalue weighted by Gasteiger charge is -2.10. The van der Waals surface area contributed by atoms with Crippen molar-refractivity contribution in [1.29, 1.82) is 0 Å². The zero-order valence-corrected chi connectivity index (χ0v) is 12.4. The summed E-state index contributed by atoms with van der Waals surface area (Å²) in [6.07, 6.45) is 0. The van der Waals surface area contributed by atoms with Gasteiger partial charge in [0.25, 0.3) is 0 Å². The van der Waals surface area contributed by atoms with Crippen LogP contribution in [-0.4, -0.2) is 4.98 Å². The van der Waals surface area contributed by atoms with Crippen molar-refractivity contribution in [2.45, 2.75) is 6.92 Å². The molecule has 0 aliphatic carbocycles. The fourth-order valence-corrected chi connectivity index (χ4v) is 2.18. The summed E-state index contributed by atoms with van der Waals surface area (Å²) in [5, 5.41) is 3.39. The largest absolute Gasteiger partial charge is 0.338 e. The average molecular weight is 350 g/mol. The van der Waals surface area contributed by atoms with Gasteiger partial charge in [0.05, 0.1) is 21.4 Å². The molecule has 0 aliphatic rings. The van der Waals surface area contributed by atoms with Crippen molar-refractivity contribution in [3.8, 4) is 0 Å². The number of rotatable bonds is 2. The first-order valence-electron chi connectivity index (χ1n) is 5.02. The van der Waals surface area contributed by atoms with Gasteiger partial charge in [-0.2, -0.15) is 0 Å². The third-order valence-corrected chi connectivity index (χ3v) is 3.72. The van der Waals surface area contributed by atoms with Crippen molar-refractivity contribution in [3.63, 3.8) is 0 Å². The van der Waals surface area contributed by atoms with Crippen molar-refractivity contribution >= 4 is 50.6 Å². The van der Waals surface area contributed by atoms with Gasteiger partial charge < -0.3 is 5.32 Å². The van der Waals surface area contributed by atoms with Crippen LogP contribution in [0.1, 0.15) is 5.69 Å². The molecule has 0 bridgehead atoms. The maximum atomic E-state index is 13.0. The third kappa shape index (κ3) is 2.94. The molecule has 0 fully saturated rings. The monoisotopic (exact) mass is 348 g/mol. The number of nitrogens with one attached hydrogen (secondary N) is 1. The van der Waals surface area contributed by atoms with Crippen LogP contribution in [0.15, 0.2) is 28.7 Å². The number of anilines is 2. The molecular formula is C12H8BrCl2FN2. The molecule has 2 aromatic rings. The first-order valence-corrected chi connectivity index (χ1v) is 6.57. The molecule has 0 atom stereocenters. The van der Waals surface area contributed by atoms with E-state index in [1.165, 1.54) is 12.1 Å². The molecule has 0 aliphatic heterocycles. The Bertz CT molecular complexity index is 582. The third-order valence-electron chi connectivity index (χ3n) is 2.28. The van der Waals surface area contributed by atoms with Gasteiger partial charge in [-0.25, -0.2) is 9.37 Å². The topological polar surface area (TPSA) is 24.9 Å². The molecule has 0 saturated heterocycles. The standard InChI is InChI=1S/C12H8BrCl2FN2/c1-6-8(13)2-3-11(17-6)18-12-9(14)4-7(16)5-10(12)15/h2-5H,1H3,(H,17,18). The van der Waals surface area contributed by atoms with E-state index < -0.39 is 5.82 Å². The number of hydrogen-bond donors (Lipinski definition) is 1. The van der Waals surface area contributed by atoms with Crippen molar-refractivity contribution in [2.24, 2.45) is 0 Å². The van der Waals surface area contributed by atoms with Crippen LogP contribution in [0.5, 0.6) is 0 Å². The lowest BCUT2D eigenvalue weighted by Crippen LogP contribution is -1.97. The van der Waals surface area contributed by atoms with E-state index in [0.717, 1.165) is 10.2 Å². The van der Waals surface area contributed by atoms with E-state index in [9.17, 15) is 4.39 Å². The molecule has 0 spiro atoms. The molecule has 2 rings (SSSR count). The van der Waals surface area contributed by atoms with Crippen LogP contribution in [0.4, 0.5) is 15.9 Å². The predicted molar refractivity (Wildman–Crippen MR) is 76.4 cm³/mol. The second-order valence-electron chi connectivity index (χ2n) is 3.63. The first-order chi connectivity index (χ1) is 8.47. The van der Waals surface area contributed by atoms with Crippen molar-refractivity contribution in [2.75, 3.05) is 5.32 Å². The van der Waals surface area contributed by atoms with Crippen LogP contribution < -0.4 is 5.32 Å². The molecule has 94 valence electrons. The Labute approximate surface area is 122 Å². The summed E-state index contributed by atoms with van der Waals surface area (Å²) < 4.78 is 14.0. The van der Waals surface area contributed by atoms with Crippen LogP contribution in [0.3, 0.4) is 0 Å². The van der Waals surface area contributed by atoms with Gasteiger partial charge in [0.1, 0.15) is 11.6 Å². The highest BCUT2D eigenvalue weighted by molar-refractivity contribution is 9.10. The molecule has 1 N–H and O–H groups in total. The number of hydrogen-bond acceptors (Lipinski definition) is 2. The van der Waals surface area contributed by atoms with E-state index in [1.54, 1.807) is 6.07 Å². The number of aryl methyl sites for hydroxylation is 1. The van der Waals surface area contributed by atoms with Gasteiger partial charge in [-0.1, -0.05) is 23.2 Å². The molecule has 6 heteroatoms. The molecule has 18 heavy (non-hydrogen) atoms. The predicted octanol–water partition coefficient (Wildman–Crippen LogP) is 5.34. The molecule has 1 heterocycles. The van der Waals surface area contributed by atoms with Crippen molar-refractivity contribution < 1.29 is 4.39 Å². The van der Waals surface area contributed by atoms with Crippen LogP contribution in [0.25, 0.3) is 0 Å². The fourth-order valence-electron chi connectivity index (χ4n) is 1.40. The normalized spacial score (nSPS) is 10.5. The first kappa shape index (κ1) is 13.6. The average Bonchev–Trinajstić information content (AvgIpc) is 2.28. The second-order valence-corrected chi connectivity index (χ2v) is 5.30. The second kappa shape index (κ2) is 5.43. The molecule has 0 amide bonds. The van der Waals surface area contributed by atoms with E-state index in [-0.39, 0.29) is 10.0 Å². The molecular weight excluding hydrogens is 342 g/mol. The van der Waals surface area contributed by atoms with E-state index in [1.807, 2.05) is 13.0 Å². The summed E-state index contributed by atoms with van der Waals surface area (Å²) in [5.74, 6) is 0.113. The van der Waals surface area contributed by atoms with Gasteiger partial charge in [0, 0.05) is 4.47 Å². The van der Waals surface area contributed by atoms with Gasteiger partial charge in [0.2, 0.25) is 0 Å². The quantitative estimate of drug-likeness (QED) is 0.791. The summed E-state index contributed by atoms with van der Waals surface area (Å²) in [5.41, 5.74) is 1.27. The van der Waals surface area contributed by atoms with Crippen molar-refractivity contribution in [3.05, 3.63) is 50.3 Å². The maximum absolute atomic E-state index is 13.0. The minimum absolute atomic E-state index is 0.211. The van der Waals surface area contributed by atoms with Crippen LogP contribution in [0.2, 0.25) is 10.0 Å². The summed E-state index contributed by atoms with van der Waals surface area (Å²) in [4.78, 5) is 4.30. The molecule has 0 unspecified atom stereocenters. The number of benzene rings is 1. The van der Waals surface area contributed by atoms with Crippen LogP contribution >= 0.6 is 39.1 Å². The molecule has 0 radical (unpaired) electrons. The molecule has 1 aromatic heterocycles. The Morgan fingerprint density at radius 3 is 2.39 bits per heavy atom. The maximum Gasteiger partial charge on any atom is 0.130 e. The van der Waals surface area contributed by atoms with Gasteiger partial charge >= 0.3 is 0 Å². The summed E-state index contributed by atoms with van der Waals surface area (Å²) in [6, 6.07) is 6.02. The highest BCUT2D eigenvalue weighted by Gasteiger charge is 2.09. The Kier molecular flexibility index (Phi) is 4.10. The zero-order chi connectivity index (χ0) is 13.3. The Morgan fingerprint density at radius 2 is 1.83 bits per heavy atom. The number of pyridine rings is 1. The van der Waals surface area contributed by atoms with Gasteiger partial charge in [-0.15, -0.1) is 0 Å². The highest BCUT2D eigenvalue weighted by Crippen LogP contribution is 2.33. The van der Waals surface area contributed by atoms with Crippen molar-refractivity contribution in [1.82, 2.24) is 4.98 Å². The Hall–Kier alpha value is -0.840. The molecule has 1 aromatic carbocycles. The van der Waals surface area contributed by atoms with E-state index in [2.05, 4.69) is 26.2 Å². The van der Waals surface area contributed by atoms with Gasteiger partial charge in [0.15, 0.2) is 0 Å². The summed E-state index contributed by atoms with van der Waals surface area (Å²) in [7, 11) is 0. The van der Waals surface area contributed by atoms with E-state index >= 15 is 0 Å². The van der Waals surface area contributed by atoms with Gasteiger partial charge in [-0.05, 0) is 47.1 Å². The smallest absolute Gasteiger partial charge is 0.130 e. The minimum Gasteiger partial charge on any atom is -0.338 e. The highest BCUT2D eigenvalue weighted by atomic mass is 79.9. The fraction of sp³-hybridized carbons (Fsp3) is 0.0833. The summed E-state index contributed by atoms with van der Waals surface area (Å²) >= 11 is 15.2. The summed E-state index contributed by atoms with van der Waals surface area (Å²) in [6.45, 7) is 1.86.